The van der Waals surface area contributed by atoms with Gasteiger partial charge in [-0.25, -0.2) is 0 Å². The summed E-state index contributed by atoms with van der Waals surface area (Å²) in [5.74, 6) is 2.91. The molecule has 0 unspecified atom stereocenters. The van der Waals surface area contributed by atoms with E-state index in [0.717, 1.165) is 12.8 Å². The first-order valence-corrected chi connectivity index (χ1v) is 7.31. The summed E-state index contributed by atoms with van der Waals surface area (Å²) in [6.07, 6.45) is 2.87. The summed E-state index contributed by atoms with van der Waals surface area (Å²) < 4.78 is 0. The second-order valence-corrected chi connectivity index (χ2v) is 5.73. The van der Waals surface area contributed by atoms with E-state index in [1.807, 2.05) is 17.8 Å². The average Bonchev–Trinajstić information content (AvgIpc) is 2.40. The number of hydrogen-bond donors (Lipinski definition) is 1. The highest BCUT2D eigenvalue weighted by atomic mass is 32.2. The second kappa shape index (κ2) is 6.46. The maximum absolute atomic E-state index is 11.9. The minimum Gasteiger partial charge on any atom is -0.326 e. The van der Waals surface area contributed by atoms with Gasteiger partial charge in [-0.3, -0.25) is 4.79 Å². The Labute approximate surface area is 112 Å². The van der Waals surface area contributed by atoms with Gasteiger partial charge in [0.1, 0.15) is 0 Å². The van der Waals surface area contributed by atoms with Crippen molar-refractivity contribution in [2.45, 2.75) is 19.3 Å². The van der Waals surface area contributed by atoms with Crippen molar-refractivity contribution in [2.24, 2.45) is 5.92 Å². The largest absolute Gasteiger partial charge is 0.326 e. The van der Waals surface area contributed by atoms with Gasteiger partial charge in [-0.1, -0.05) is 6.07 Å². The van der Waals surface area contributed by atoms with Crippen LogP contribution in [-0.4, -0.2) is 17.4 Å². The number of nitrogens with one attached hydrogen (secondary N) is 1. The number of carbonyl (C=O) groups excluding carboxylic acids is 1. The van der Waals surface area contributed by atoms with E-state index < -0.39 is 0 Å². The Hall–Kier alpha value is -1.47. The van der Waals surface area contributed by atoms with Crippen LogP contribution in [0.15, 0.2) is 24.3 Å². The molecule has 0 spiro atoms. The van der Waals surface area contributed by atoms with E-state index in [2.05, 4.69) is 11.4 Å². The summed E-state index contributed by atoms with van der Waals surface area (Å²) in [7, 11) is 0. The van der Waals surface area contributed by atoms with Gasteiger partial charge in [-0.15, -0.1) is 0 Å². The number of thioether (sulfide) groups is 1. The lowest BCUT2D eigenvalue weighted by atomic mass is 9.98. The second-order valence-electron chi connectivity index (χ2n) is 4.50. The van der Waals surface area contributed by atoms with Crippen LogP contribution in [0.1, 0.15) is 24.8 Å². The van der Waals surface area contributed by atoms with E-state index in [-0.39, 0.29) is 5.91 Å². The molecule has 1 heterocycles. The van der Waals surface area contributed by atoms with Crippen molar-refractivity contribution < 1.29 is 4.79 Å². The van der Waals surface area contributed by atoms with Gasteiger partial charge in [-0.2, -0.15) is 17.0 Å². The van der Waals surface area contributed by atoms with E-state index in [0.29, 0.717) is 23.6 Å². The Morgan fingerprint density at radius 1 is 1.44 bits per heavy atom. The fourth-order valence-corrected chi connectivity index (χ4v) is 3.30. The van der Waals surface area contributed by atoms with Crippen LogP contribution in [0.4, 0.5) is 5.69 Å². The molecule has 0 atom stereocenters. The molecule has 1 amide bonds. The zero-order chi connectivity index (χ0) is 12.8. The van der Waals surface area contributed by atoms with Gasteiger partial charge in [0.25, 0.3) is 0 Å². The molecule has 1 saturated heterocycles. The molecule has 0 aromatic heterocycles. The van der Waals surface area contributed by atoms with Crippen LogP contribution in [0, 0.1) is 17.2 Å². The molecule has 1 aliphatic rings. The SMILES string of the molecule is N#Cc1cccc(NC(=O)CC2CCSCC2)c1. The van der Waals surface area contributed by atoms with Gasteiger partial charge in [0, 0.05) is 12.1 Å². The summed E-state index contributed by atoms with van der Waals surface area (Å²) in [6.45, 7) is 0. The highest BCUT2D eigenvalue weighted by molar-refractivity contribution is 7.99. The van der Waals surface area contributed by atoms with Crippen molar-refractivity contribution in [1.29, 1.82) is 5.26 Å². The predicted octanol–water partition coefficient (Wildman–Crippen LogP) is 3.03. The molecular formula is C14H16N2OS. The van der Waals surface area contributed by atoms with Crippen LogP contribution in [0.2, 0.25) is 0 Å². The Balaban J connectivity index is 1.88. The van der Waals surface area contributed by atoms with E-state index in [1.54, 1.807) is 18.2 Å². The maximum atomic E-state index is 11.9. The molecule has 2 rings (SSSR count). The number of nitrogens with zero attached hydrogens (tertiary/aromatic N) is 1. The molecule has 0 saturated carbocycles. The van der Waals surface area contributed by atoms with Crippen molar-refractivity contribution >= 4 is 23.4 Å². The number of carbonyl (C=O) groups is 1. The van der Waals surface area contributed by atoms with Crippen LogP contribution in [0.5, 0.6) is 0 Å². The van der Waals surface area contributed by atoms with Crippen molar-refractivity contribution in [3.8, 4) is 6.07 Å². The Morgan fingerprint density at radius 3 is 2.94 bits per heavy atom. The third-order valence-electron chi connectivity index (χ3n) is 3.09. The summed E-state index contributed by atoms with van der Waals surface area (Å²) in [6, 6.07) is 9.10. The minimum absolute atomic E-state index is 0.0574. The molecule has 1 fully saturated rings. The number of benzene rings is 1. The van der Waals surface area contributed by atoms with E-state index in [1.165, 1.54) is 11.5 Å². The Morgan fingerprint density at radius 2 is 2.22 bits per heavy atom. The summed E-state index contributed by atoms with van der Waals surface area (Å²) >= 11 is 1.97. The lowest BCUT2D eigenvalue weighted by Gasteiger charge is -2.20. The molecule has 1 N–H and O–H groups in total. The minimum atomic E-state index is 0.0574. The number of amides is 1. The molecule has 3 nitrogen and oxygen atoms in total. The smallest absolute Gasteiger partial charge is 0.224 e. The number of nitriles is 1. The lowest BCUT2D eigenvalue weighted by Crippen LogP contribution is -2.19. The van der Waals surface area contributed by atoms with Gasteiger partial charge in [0.05, 0.1) is 11.6 Å². The monoisotopic (exact) mass is 260 g/mol. The standard InChI is InChI=1S/C14H16N2OS/c15-10-12-2-1-3-13(8-12)16-14(17)9-11-4-6-18-7-5-11/h1-3,8,11H,4-7,9H2,(H,16,17). The number of hydrogen-bond acceptors (Lipinski definition) is 3. The lowest BCUT2D eigenvalue weighted by molar-refractivity contribution is -0.117. The van der Waals surface area contributed by atoms with Crippen LogP contribution in [0.25, 0.3) is 0 Å². The van der Waals surface area contributed by atoms with Gasteiger partial charge in [0.2, 0.25) is 5.91 Å². The molecule has 4 heteroatoms. The van der Waals surface area contributed by atoms with Gasteiger partial charge in [-0.05, 0) is 48.5 Å². The van der Waals surface area contributed by atoms with Crippen LogP contribution in [-0.2, 0) is 4.79 Å². The molecule has 0 bridgehead atoms. The van der Waals surface area contributed by atoms with E-state index in [9.17, 15) is 4.79 Å². The first-order valence-electron chi connectivity index (χ1n) is 6.15. The molecule has 18 heavy (non-hydrogen) atoms. The molecule has 94 valence electrons. The fourth-order valence-electron chi connectivity index (χ4n) is 2.09. The van der Waals surface area contributed by atoms with E-state index >= 15 is 0 Å². The third kappa shape index (κ3) is 3.78. The zero-order valence-electron chi connectivity index (χ0n) is 10.2. The number of rotatable bonds is 3. The highest BCUT2D eigenvalue weighted by Crippen LogP contribution is 2.25. The normalized spacial score (nSPS) is 15.9. The first kappa shape index (κ1) is 13.0. The summed E-state index contributed by atoms with van der Waals surface area (Å²) in [5.41, 5.74) is 1.28. The molecular weight excluding hydrogens is 244 g/mol. The molecule has 1 aliphatic heterocycles. The zero-order valence-corrected chi connectivity index (χ0v) is 11.0. The van der Waals surface area contributed by atoms with Crippen molar-refractivity contribution in [3.05, 3.63) is 29.8 Å². The van der Waals surface area contributed by atoms with Gasteiger partial charge in [0.15, 0.2) is 0 Å². The molecule has 1 aromatic rings. The van der Waals surface area contributed by atoms with Gasteiger partial charge >= 0.3 is 0 Å². The average molecular weight is 260 g/mol. The summed E-state index contributed by atoms with van der Waals surface area (Å²) in [4.78, 5) is 11.9. The van der Waals surface area contributed by atoms with E-state index in [4.69, 9.17) is 5.26 Å². The van der Waals surface area contributed by atoms with Crippen LogP contribution < -0.4 is 5.32 Å². The first-order chi connectivity index (χ1) is 8.78. The highest BCUT2D eigenvalue weighted by Gasteiger charge is 2.17. The van der Waals surface area contributed by atoms with Crippen LogP contribution >= 0.6 is 11.8 Å². The van der Waals surface area contributed by atoms with Crippen molar-refractivity contribution in [2.75, 3.05) is 16.8 Å². The Kier molecular flexibility index (Phi) is 4.66. The maximum Gasteiger partial charge on any atom is 0.224 e. The van der Waals surface area contributed by atoms with Crippen molar-refractivity contribution in [3.63, 3.8) is 0 Å². The number of anilines is 1. The summed E-state index contributed by atoms with van der Waals surface area (Å²) in [5, 5.41) is 11.7. The van der Waals surface area contributed by atoms with Crippen LogP contribution in [0.3, 0.4) is 0 Å². The Bertz CT molecular complexity index is 461. The molecule has 0 aliphatic carbocycles. The predicted molar refractivity (Wildman–Crippen MR) is 74.5 cm³/mol. The van der Waals surface area contributed by atoms with Crippen molar-refractivity contribution in [1.82, 2.24) is 0 Å². The van der Waals surface area contributed by atoms with Gasteiger partial charge < -0.3 is 5.32 Å². The quantitative estimate of drug-likeness (QED) is 0.908. The fraction of sp³-hybridized carbons (Fsp3) is 0.429. The topological polar surface area (TPSA) is 52.9 Å². The molecule has 1 aromatic carbocycles. The molecule has 0 radical (unpaired) electrons. The third-order valence-corrected chi connectivity index (χ3v) is 4.14.